The Kier molecular flexibility index (Phi) is 3.46. The summed E-state index contributed by atoms with van der Waals surface area (Å²) in [7, 11) is 0. The first kappa shape index (κ1) is 9.74. The first-order valence-electron chi connectivity index (χ1n) is 3.65. The largest absolute Gasteiger partial charge is 0.480 e. The molecule has 0 bridgehead atoms. The van der Waals surface area contributed by atoms with Crippen molar-refractivity contribution in [1.29, 1.82) is 0 Å². The average molecular weight is 198 g/mol. The lowest BCUT2D eigenvalue weighted by molar-refractivity contribution is -0.135. The second-order valence-corrected chi connectivity index (χ2v) is 2.85. The Bertz CT molecular complexity index is 336. The molecule has 68 valence electrons. The van der Waals surface area contributed by atoms with Crippen molar-refractivity contribution in [2.75, 3.05) is 6.54 Å². The number of hydrogen-bond donors (Lipinski definition) is 1. The van der Waals surface area contributed by atoms with Crippen LogP contribution in [0.25, 0.3) is 0 Å². The van der Waals surface area contributed by atoms with Crippen LogP contribution in [0.2, 0.25) is 5.02 Å². The molecule has 0 radical (unpaired) electrons. The van der Waals surface area contributed by atoms with E-state index in [1.54, 1.807) is 24.3 Å². The summed E-state index contributed by atoms with van der Waals surface area (Å²) in [6.45, 7) is -0.216. The van der Waals surface area contributed by atoms with E-state index in [2.05, 4.69) is 4.99 Å². The fourth-order valence-corrected chi connectivity index (χ4v) is 1.01. The van der Waals surface area contributed by atoms with Crippen molar-refractivity contribution in [3.63, 3.8) is 0 Å². The van der Waals surface area contributed by atoms with Gasteiger partial charge >= 0.3 is 5.97 Å². The highest BCUT2D eigenvalue weighted by Crippen LogP contribution is 2.08. The standard InChI is InChI=1S/C9H8ClNO2/c10-8-3-1-2-7(4-8)5-11-6-9(12)13/h1-5H,6H2,(H,12,13). The van der Waals surface area contributed by atoms with E-state index in [9.17, 15) is 4.79 Å². The van der Waals surface area contributed by atoms with E-state index in [4.69, 9.17) is 16.7 Å². The number of nitrogens with zero attached hydrogens (tertiary/aromatic N) is 1. The minimum Gasteiger partial charge on any atom is -0.480 e. The van der Waals surface area contributed by atoms with Crippen LogP contribution in [-0.2, 0) is 4.79 Å². The van der Waals surface area contributed by atoms with Crippen LogP contribution in [0.5, 0.6) is 0 Å². The quantitative estimate of drug-likeness (QED) is 0.752. The Hall–Kier alpha value is -1.35. The van der Waals surface area contributed by atoms with Gasteiger partial charge in [0.2, 0.25) is 0 Å². The monoisotopic (exact) mass is 197 g/mol. The van der Waals surface area contributed by atoms with E-state index in [1.165, 1.54) is 6.21 Å². The summed E-state index contributed by atoms with van der Waals surface area (Å²) >= 11 is 5.71. The lowest BCUT2D eigenvalue weighted by Crippen LogP contribution is -1.99. The van der Waals surface area contributed by atoms with Crippen LogP contribution in [0.15, 0.2) is 29.3 Å². The molecule has 1 rings (SSSR count). The first-order valence-corrected chi connectivity index (χ1v) is 4.03. The minimum atomic E-state index is -0.946. The lowest BCUT2D eigenvalue weighted by atomic mass is 10.2. The molecule has 1 N–H and O–H groups in total. The Labute approximate surface area is 80.7 Å². The Balaban J connectivity index is 2.63. The molecule has 0 aliphatic carbocycles. The van der Waals surface area contributed by atoms with Crippen molar-refractivity contribution in [2.24, 2.45) is 4.99 Å². The highest BCUT2D eigenvalue weighted by Gasteiger charge is 1.92. The third-order valence-electron chi connectivity index (χ3n) is 1.32. The maximum absolute atomic E-state index is 10.1. The molecule has 0 unspecified atom stereocenters. The van der Waals surface area contributed by atoms with Crippen molar-refractivity contribution in [3.05, 3.63) is 34.9 Å². The van der Waals surface area contributed by atoms with E-state index < -0.39 is 5.97 Å². The molecule has 0 aliphatic rings. The molecule has 3 nitrogen and oxygen atoms in total. The molecule has 0 spiro atoms. The fraction of sp³-hybridized carbons (Fsp3) is 0.111. The van der Waals surface area contributed by atoms with E-state index in [0.29, 0.717) is 5.02 Å². The molecule has 4 heteroatoms. The molecule has 1 aromatic carbocycles. The van der Waals surface area contributed by atoms with Gasteiger partial charge in [-0.25, -0.2) is 0 Å². The predicted molar refractivity (Wildman–Crippen MR) is 51.5 cm³/mol. The van der Waals surface area contributed by atoms with Crippen LogP contribution in [0, 0.1) is 0 Å². The predicted octanol–water partition coefficient (Wildman–Crippen LogP) is 1.84. The summed E-state index contributed by atoms with van der Waals surface area (Å²) in [6, 6.07) is 7.05. The zero-order chi connectivity index (χ0) is 9.68. The van der Waals surface area contributed by atoms with Gasteiger partial charge in [-0.1, -0.05) is 23.7 Å². The van der Waals surface area contributed by atoms with Crippen LogP contribution in [0.1, 0.15) is 5.56 Å². The molecule has 0 aromatic heterocycles. The van der Waals surface area contributed by atoms with Crippen molar-refractivity contribution in [1.82, 2.24) is 0 Å². The van der Waals surface area contributed by atoms with E-state index in [1.807, 2.05) is 0 Å². The third kappa shape index (κ3) is 3.71. The number of halogens is 1. The van der Waals surface area contributed by atoms with Crippen molar-refractivity contribution in [3.8, 4) is 0 Å². The van der Waals surface area contributed by atoms with E-state index >= 15 is 0 Å². The highest BCUT2D eigenvalue weighted by atomic mass is 35.5. The Morgan fingerprint density at radius 2 is 2.38 bits per heavy atom. The summed E-state index contributed by atoms with van der Waals surface area (Å²) in [5.41, 5.74) is 0.800. The van der Waals surface area contributed by atoms with Gasteiger partial charge in [-0.05, 0) is 17.7 Å². The third-order valence-corrected chi connectivity index (χ3v) is 1.55. The molecule has 0 amide bonds. The zero-order valence-corrected chi connectivity index (χ0v) is 7.53. The van der Waals surface area contributed by atoms with Gasteiger partial charge in [-0.3, -0.25) is 9.79 Å². The van der Waals surface area contributed by atoms with Gasteiger partial charge in [-0.15, -0.1) is 0 Å². The number of carbonyl (C=O) groups is 1. The summed E-state index contributed by atoms with van der Waals surface area (Å²) in [5, 5.41) is 8.92. The van der Waals surface area contributed by atoms with Gasteiger partial charge in [0.1, 0.15) is 6.54 Å². The maximum Gasteiger partial charge on any atom is 0.325 e. The molecule has 0 aliphatic heterocycles. The van der Waals surface area contributed by atoms with Gasteiger partial charge in [-0.2, -0.15) is 0 Å². The minimum absolute atomic E-state index is 0.216. The number of aliphatic imine (C=N–C) groups is 1. The number of aliphatic carboxylic acids is 1. The number of rotatable bonds is 3. The Morgan fingerprint density at radius 3 is 3.00 bits per heavy atom. The molecule has 0 saturated carbocycles. The van der Waals surface area contributed by atoms with E-state index in [-0.39, 0.29) is 6.54 Å². The average Bonchev–Trinajstić information content (AvgIpc) is 2.03. The Morgan fingerprint density at radius 1 is 1.62 bits per heavy atom. The molecular weight excluding hydrogens is 190 g/mol. The molecular formula is C9H8ClNO2. The SMILES string of the molecule is O=C(O)CN=Cc1cccc(Cl)c1. The van der Waals surface area contributed by atoms with Crippen LogP contribution in [0.3, 0.4) is 0 Å². The molecule has 13 heavy (non-hydrogen) atoms. The van der Waals surface area contributed by atoms with Crippen LogP contribution >= 0.6 is 11.6 Å². The van der Waals surface area contributed by atoms with Crippen molar-refractivity contribution < 1.29 is 9.90 Å². The molecule has 0 atom stereocenters. The highest BCUT2D eigenvalue weighted by molar-refractivity contribution is 6.30. The zero-order valence-electron chi connectivity index (χ0n) is 6.77. The fourth-order valence-electron chi connectivity index (χ4n) is 0.816. The summed E-state index contributed by atoms with van der Waals surface area (Å²) in [6.07, 6.45) is 1.49. The van der Waals surface area contributed by atoms with Gasteiger partial charge < -0.3 is 5.11 Å². The van der Waals surface area contributed by atoms with Gasteiger partial charge in [0.15, 0.2) is 0 Å². The van der Waals surface area contributed by atoms with Crippen LogP contribution in [0.4, 0.5) is 0 Å². The molecule has 0 heterocycles. The molecule has 1 aromatic rings. The topological polar surface area (TPSA) is 49.7 Å². The molecule has 0 saturated heterocycles. The lowest BCUT2D eigenvalue weighted by Gasteiger charge is -1.92. The van der Waals surface area contributed by atoms with Gasteiger partial charge in [0.05, 0.1) is 0 Å². The van der Waals surface area contributed by atoms with E-state index in [0.717, 1.165) is 5.56 Å². The van der Waals surface area contributed by atoms with Crippen molar-refractivity contribution >= 4 is 23.8 Å². The number of benzene rings is 1. The summed E-state index contributed by atoms with van der Waals surface area (Å²) < 4.78 is 0. The van der Waals surface area contributed by atoms with Crippen molar-refractivity contribution in [2.45, 2.75) is 0 Å². The number of carboxylic acid groups (broad SMARTS) is 1. The maximum atomic E-state index is 10.1. The number of hydrogen-bond acceptors (Lipinski definition) is 2. The van der Waals surface area contributed by atoms with Gasteiger partial charge in [0, 0.05) is 11.2 Å². The second-order valence-electron chi connectivity index (χ2n) is 2.42. The smallest absolute Gasteiger partial charge is 0.325 e. The summed E-state index contributed by atoms with van der Waals surface area (Å²) in [4.78, 5) is 13.8. The number of carboxylic acids is 1. The second kappa shape index (κ2) is 4.62. The van der Waals surface area contributed by atoms with Crippen LogP contribution in [-0.4, -0.2) is 23.8 Å². The van der Waals surface area contributed by atoms with Crippen LogP contribution < -0.4 is 0 Å². The normalized spacial score (nSPS) is 10.5. The van der Waals surface area contributed by atoms with Gasteiger partial charge in [0.25, 0.3) is 0 Å². The first-order chi connectivity index (χ1) is 6.18. The summed E-state index contributed by atoms with van der Waals surface area (Å²) in [5.74, 6) is -0.946. The molecule has 0 fully saturated rings.